The molecule has 1 aliphatic rings. The minimum absolute atomic E-state index is 0.0241. The summed E-state index contributed by atoms with van der Waals surface area (Å²) in [6.07, 6.45) is 2.82. The Morgan fingerprint density at radius 1 is 1.03 bits per heavy atom. The van der Waals surface area contributed by atoms with E-state index in [4.69, 9.17) is 0 Å². The van der Waals surface area contributed by atoms with Gasteiger partial charge in [0.25, 0.3) is 0 Å². The first-order valence-electron chi connectivity index (χ1n) is 9.31. The predicted molar refractivity (Wildman–Crippen MR) is 105 cm³/mol. The molecule has 0 saturated heterocycles. The maximum atomic E-state index is 12.8. The number of sulfonamides is 1. The van der Waals surface area contributed by atoms with Crippen molar-refractivity contribution < 1.29 is 18.6 Å². The molecule has 0 amide bonds. The molecule has 9 nitrogen and oxygen atoms in total. The van der Waals surface area contributed by atoms with Gasteiger partial charge in [-0.3, -0.25) is 0 Å². The number of aromatic amines is 1. The fraction of sp³-hybridized carbons (Fsp3) is 0.316. The van der Waals surface area contributed by atoms with Gasteiger partial charge in [-0.25, -0.2) is 18.2 Å². The predicted octanol–water partition coefficient (Wildman–Crippen LogP) is 2.28. The average Bonchev–Trinajstić information content (AvgIpc) is 3.24. The van der Waals surface area contributed by atoms with Crippen LogP contribution >= 0.6 is 0 Å². The molecule has 2 aromatic carbocycles. The second-order valence-electron chi connectivity index (χ2n) is 7.19. The quantitative estimate of drug-likeness (QED) is 0.501. The zero-order valence-electron chi connectivity index (χ0n) is 15.5. The van der Waals surface area contributed by atoms with E-state index in [0.29, 0.717) is 24.2 Å². The summed E-state index contributed by atoms with van der Waals surface area (Å²) >= 11 is 0. The van der Waals surface area contributed by atoms with E-state index in [2.05, 4.69) is 25.3 Å². The number of aromatic hydroxyl groups is 2. The third-order valence-corrected chi connectivity index (χ3v) is 6.78. The molecule has 0 aliphatic heterocycles. The molecule has 3 aromatic rings. The standard InChI is InChI=1S/C19H21N5O4S/c25-15-8-9-17(18(26)11-15)12-4-6-14(7-5-12)22-29(27,28)16-3-1-2-13(10-16)19-20-23-24-21-19/h1-3,8-12,14,22,25-26H,4-7H2,(H,20,21,23,24)/t12-,14+. The lowest BCUT2D eigenvalue weighted by atomic mass is 9.81. The van der Waals surface area contributed by atoms with Crippen molar-refractivity contribution in [1.29, 1.82) is 0 Å². The van der Waals surface area contributed by atoms with Gasteiger partial charge in [0.2, 0.25) is 10.0 Å². The fourth-order valence-corrected chi connectivity index (χ4v) is 5.13. The number of nitrogens with zero attached hydrogens (tertiary/aromatic N) is 3. The van der Waals surface area contributed by atoms with E-state index in [1.807, 2.05) is 0 Å². The van der Waals surface area contributed by atoms with Crippen LogP contribution in [0.4, 0.5) is 0 Å². The van der Waals surface area contributed by atoms with Gasteiger partial charge >= 0.3 is 0 Å². The number of rotatable bonds is 5. The SMILES string of the molecule is O=S(=O)(N[C@H]1CC[C@@H](c2ccc(O)cc2O)CC1)c1cccc(-c2nnn[nH]2)c1. The van der Waals surface area contributed by atoms with Gasteiger partial charge in [-0.2, -0.15) is 0 Å². The molecule has 10 heteroatoms. The van der Waals surface area contributed by atoms with Crippen LogP contribution in [0.2, 0.25) is 0 Å². The van der Waals surface area contributed by atoms with Crippen LogP contribution in [0, 0.1) is 0 Å². The van der Waals surface area contributed by atoms with Crippen LogP contribution in [-0.2, 0) is 10.0 Å². The Labute approximate surface area is 167 Å². The fourth-order valence-electron chi connectivity index (χ4n) is 3.78. The number of tetrazole rings is 1. The van der Waals surface area contributed by atoms with Crippen molar-refractivity contribution >= 4 is 10.0 Å². The maximum absolute atomic E-state index is 12.8. The van der Waals surface area contributed by atoms with E-state index in [1.54, 1.807) is 24.3 Å². The van der Waals surface area contributed by atoms with Crippen LogP contribution < -0.4 is 4.72 Å². The molecule has 1 aromatic heterocycles. The molecule has 4 N–H and O–H groups in total. The highest BCUT2D eigenvalue weighted by Gasteiger charge is 2.28. The largest absolute Gasteiger partial charge is 0.508 e. The number of hydrogen-bond donors (Lipinski definition) is 4. The summed E-state index contributed by atoms with van der Waals surface area (Å²) in [6, 6.07) is 10.9. The summed E-state index contributed by atoms with van der Waals surface area (Å²) in [5, 5.41) is 32.9. The van der Waals surface area contributed by atoms with Crippen molar-refractivity contribution in [2.24, 2.45) is 0 Å². The Kier molecular flexibility index (Phi) is 5.20. The molecule has 1 fully saturated rings. The maximum Gasteiger partial charge on any atom is 0.240 e. The van der Waals surface area contributed by atoms with Crippen LogP contribution in [0.3, 0.4) is 0 Å². The van der Waals surface area contributed by atoms with Crippen LogP contribution in [-0.4, -0.2) is 45.3 Å². The van der Waals surface area contributed by atoms with Crippen LogP contribution in [0.5, 0.6) is 11.5 Å². The lowest BCUT2D eigenvalue weighted by Crippen LogP contribution is -2.37. The van der Waals surface area contributed by atoms with Crippen molar-refractivity contribution in [1.82, 2.24) is 25.3 Å². The van der Waals surface area contributed by atoms with Crippen LogP contribution in [0.1, 0.15) is 37.2 Å². The molecule has 0 bridgehead atoms. The summed E-state index contributed by atoms with van der Waals surface area (Å²) in [4.78, 5) is 0.157. The minimum atomic E-state index is -3.68. The van der Waals surface area contributed by atoms with E-state index in [0.717, 1.165) is 18.4 Å². The Morgan fingerprint density at radius 3 is 2.52 bits per heavy atom. The highest BCUT2D eigenvalue weighted by atomic mass is 32.2. The molecular weight excluding hydrogens is 394 g/mol. The van der Waals surface area contributed by atoms with Crippen LogP contribution in [0.25, 0.3) is 11.4 Å². The third-order valence-electron chi connectivity index (χ3n) is 5.27. The Morgan fingerprint density at radius 2 is 1.83 bits per heavy atom. The molecule has 0 atom stereocenters. The highest BCUT2D eigenvalue weighted by molar-refractivity contribution is 7.89. The van der Waals surface area contributed by atoms with Gasteiger partial charge in [0.1, 0.15) is 11.5 Å². The van der Waals surface area contributed by atoms with Gasteiger partial charge in [-0.05, 0) is 65.8 Å². The van der Waals surface area contributed by atoms with E-state index < -0.39 is 10.0 Å². The number of aromatic nitrogens is 4. The molecule has 1 heterocycles. The summed E-state index contributed by atoms with van der Waals surface area (Å²) in [7, 11) is -3.68. The third kappa shape index (κ3) is 4.22. The molecule has 1 saturated carbocycles. The Bertz CT molecular complexity index is 1090. The van der Waals surface area contributed by atoms with Gasteiger partial charge < -0.3 is 10.2 Å². The van der Waals surface area contributed by atoms with E-state index >= 15 is 0 Å². The monoisotopic (exact) mass is 415 g/mol. The number of nitrogens with one attached hydrogen (secondary N) is 2. The zero-order chi connectivity index (χ0) is 20.4. The van der Waals surface area contributed by atoms with Crippen molar-refractivity contribution in [2.45, 2.75) is 42.5 Å². The topological polar surface area (TPSA) is 141 Å². The molecule has 0 spiro atoms. The minimum Gasteiger partial charge on any atom is -0.508 e. The van der Waals surface area contributed by atoms with Crippen molar-refractivity contribution in [3.63, 3.8) is 0 Å². The second-order valence-corrected chi connectivity index (χ2v) is 8.90. The second kappa shape index (κ2) is 7.80. The summed E-state index contributed by atoms with van der Waals surface area (Å²) < 4.78 is 28.4. The number of H-pyrrole nitrogens is 1. The molecule has 0 radical (unpaired) electrons. The Hall–Kier alpha value is -2.98. The van der Waals surface area contributed by atoms with Crippen molar-refractivity contribution in [2.75, 3.05) is 0 Å². The summed E-state index contributed by atoms with van der Waals surface area (Å²) in [5.74, 6) is 0.638. The first kappa shape index (κ1) is 19.3. The first-order valence-corrected chi connectivity index (χ1v) is 10.8. The molecule has 1 aliphatic carbocycles. The first-order chi connectivity index (χ1) is 13.9. The average molecular weight is 415 g/mol. The van der Waals surface area contributed by atoms with Gasteiger partial charge in [0.05, 0.1) is 4.90 Å². The van der Waals surface area contributed by atoms with Crippen molar-refractivity contribution in [3.05, 3.63) is 48.0 Å². The lowest BCUT2D eigenvalue weighted by molar-refractivity contribution is 0.362. The van der Waals surface area contributed by atoms with E-state index in [9.17, 15) is 18.6 Å². The number of phenolic OH excluding ortho intramolecular Hbond substituents is 2. The molecule has 0 unspecified atom stereocenters. The normalized spacial score (nSPS) is 19.9. The smallest absolute Gasteiger partial charge is 0.240 e. The number of benzene rings is 2. The lowest BCUT2D eigenvalue weighted by Gasteiger charge is -2.29. The van der Waals surface area contributed by atoms with Crippen molar-refractivity contribution in [3.8, 4) is 22.9 Å². The Balaban J connectivity index is 1.43. The zero-order valence-corrected chi connectivity index (χ0v) is 16.3. The molecular formula is C19H21N5O4S. The van der Waals surface area contributed by atoms with Gasteiger partial charge in [-0.15, -0.1) is 5.10 Å². The van der Waals surface area contributed by atoms with Gasteiger partial charge in [0, 0.05) is 17.7 Å². The molecule has 29 heavy (non-hydrogen) atoms. The molecule has 4 rings (SSSR count). The van der Waals surface area contributed by atoms with E-state index in [1.165, 1.54) is 18.2 Å². The summed E-state index contributed by atoms with van der Waals surface area (Å²) in [6.45, 7) is 0. The summed E-state index contributed by atoms with van der Waals surface area (Å²) in [5.41, 5.74) is 1.38. The highest BCUT2D eigenvalue weighted by Crippen LogP contribution is 2.38. The molecule has 152 valence electrons. The van der Waals surface area contributed by atoms with Gasteiger partial charge in [0.15, 0.2) is 5.82 Å². The number of phenols is 2. The van der Waals surface area contributed by atoms with E-state index in [-0.39, 0.29) is 28.4 Å². The number of hydrogen-bond acceptors (Lipinski definition) is 7. The van der Waals surface area contributed by atoms with Gasteiger partial charge in [-0.1, -0.05) is 18.2 Å². The van der Waals surface area contributed by atoms with Crippen LogP contribution in [0.15, 0.2) is 47.4 Å².